The van der Waals surface area contributed by atoms with Gasteiger partial charge in [-0.25, -0.2) is 8.42 Å². The van der Waals surface area contributed by atoms with E-state index in [9.17, 15) is 13.2 Å². The molecule has 31 heavy (non-hydrogen) atoms. The van der Waals surface area contributed by atoms with E-state index in [4.69, 9.17) is 21.1 Å². The SMILES string of the molecule is COc1ccc(CC(=O)N=C2S[C@@H]3CS(=O)(=O)C[C@H]3N2c2ccc(OC)c(Cl)c2)cc1. The lowest BCUT2D eigenvalue weighted by molar-refractivity contribution is -0.117. The number of hydrogen-bond donors (Lipinski definition) is 0. The number of sulfone groups is 1. The lowest BCUT2D eigenvalue weighted by Crippen LogP contribution is -2.37. The van der Waals surface area contributed by atoms with Gasteiger partial charge >= 0.3 is 0 Å². The summed E-state index contributed by atoms with van der Waals surface area (Å²) in [5.74, 6) is 1.00. The molecule has 0 aromatic heterocycles. The molecule has 10 heteroatoms. The van der Waals surface area contributed by atoms with Crippen molar-refractivity contribution in [3.63, 3.8) is 0 Å². The van der Waals surface area contributed by atoms with Crippen molar-refractivity contribution in [2.75, 3.05) is 30.6 Å². The van der Waals surface area contributed by atoms with Crippen molar-refractivity contribution in [2.24, 2.45) is 4.99 Å². The van der Waals surface area contributed by atoms with Gasteiger partial charge in [0.2, 0.25) is 0 Å². The van der Waals surface area contributed by atoms with E-state index in [-0.39, 0.29) is 35.1 Å². The highest BCUT2D eigenvalue weighted by Gasteiger charge is 2.49. The Morgan fingerprint density at radius 1 is 1.16 bits per heavy atom. The summed E-state index contributed by atoms with van der Waals surface area (Å²) in [4.78, 5) is 18.8. The molecule has 0 aliphatic carbocycles. The van der Waals surface area contributed by atoms with Gasteiger partial charge in [-0.05, 0) is 35.9 Å². The van der Waals surface area contributed by atoms with Gasteiger partial charge in [-0.1, -0.05) is 35.5 Å². The maximum absolute atomic E-state index is 12.7. The molecule has 2 aliphatic rings. The minimum Gasteiger partial charge on any atom is -0.497 e. The summed E-state index contributed by atoms with van der Waals surface area (Å²) in [5.41, 5.74) is 1.50. The zero-order chi connectivity index (χ0) is 22.2. The summed E-state index contributed by atoms with van der Waals surface area (Å²) in [6.07, 6.45) is 0.138. The zero-order valence-electron chi connectivity index (χ0n) is 16.9. The molecular formula is C21H21ClN2O5S2. The fourth-order valence-corrected chi connectivity index (χ4v) is 7.92. The maximum atomic E-state index is 12.7. The number of carbonyl (C=O) groups is 1. The van der Waals surface area contributed by atoms with Crippen molar-refractivity contribution in [1.29, 1.82) is 0 Å². The molecule has 2 aliphatic heterocycles. The van der Waals surface area contributed by atoms with E-state index >= 15 is 0 Å². The molecule has 0 spiro atoms. The van der Waals surface area contributed by atoms with Gasteiger partial charge in [0.25, 0.3) is 5.91 Å². The second kappa shape index (κ2) is 8.72. The van der Waals surface area contributed by atoms with Crippen molar-refractivity contribution in [1.82, 2.24) is 0 Å². The summed E-state index contributed by atoms with van der Waals surface area (Å²) in [6.45, 7) is 0. The number of nitrogens with zero attached hydrogens (tertiary/aromatic N) is 2. The third-order valence-electron chi connectivity index (χ3n) is 5.21. The molecule has 7 nitrogen and oxygen atoms in total. The predicted molar refractivity (Wildman–Crippen MR) is 123 cm³/mol. The molecule has 2 fully saturated rings. The Kier molecular flexibility index (Phi) is 6.18. The number of carbonyl (C=O) groups excluding carboxylic acids is 1. The average Bonchev–Trinajstić information content (AvgIpc) is 3.19. The Bertz CT molecular complexity index is 1130. The molecule has 2 aromatic rings. The number of benzene rings is 2. The third kappa shape index (κ3) is 4.68. The number of ether oxygens (including phenoxy) is 2. The minimum atomic E-state index is -3.15. The summed E-state index contributed by atoms with van der Waals surface area (Å²) in [6, 6.07) is 12.1. The van der Waals surface area contributed by atoms with Gasteiger partial charge in [0.1, 0.15) is 11.5 Å². The maximum Gasteiger partial charge on any atom is 0.252 e. The van der Waals surface area contributed by atoms with Crippen molar-refractivity contribution in [3.05, 3.63) is 53.1 Å². The first-order chi connectivity index (χ1) is 14.8. The molecule has 0 N–H and O–H groups in total. The molecule has 1 amide bonds. The van der Waals surface area contributed by atoms with Crippen molar-refractivity contribution >= 4 is 50.0 Å². The van der Waals surface area contributed by atoms with E-state index in [0.717, 1.165) is 5.56 Å². The Labute approximate surface area is 190 Å². The van der Waals surface area contributed by atoms with Crippen LogP contribution in [0.25, 0.3) is 0 Å². The van der Waals surface area contributed by atoms with Crippen LogP contribution in [0.4, 0.5) is 5.69 Å². The first-order valence-corrected chi connectivity index (χ1v) is 12.6. The normalized spacial score (nSPS) is 23.1. The van der Waals surface area contributed by atoms with E-state index in [0.29, 0.717) is 27.4 Å². The summed E-state index contributed by atoms with van der Waals surface area (Å²) >= 11 is 7.63. The number of amides is 1. The van der Waals surface area contributed by atoms with E-state index in [1.165, 1.54) is 18.9 Å². The Morgan fingerprint density at radius 3 is 2.55 bits per heavy atom. The number of aliphatic imine (C=N–C) groups is 1. The second-order valence-electron chi connectivity index (χ2n) is 7.30. The number of halogens is 1. The van der Waals surface area contributed by atoms with E-state index < -0.39 is 9.84 Å². The minimum absolute atomic E-state index is 0.0139. The largest absolute Gasteiger partial charge is 0.497 e. The fourth-order valence-electron chi connectivity index (χ4n) is 3.74. The third-order valence-corrected chi connectivity index (χ3v) is 8.72. The first kappa shape index (κ1) is 22.0. The zero-order valence-corrected chi connectivity index (χ0v) is 19.3. The van der Waals surface area contributed by atoms with Crippen molar-refractivity contribution in [2.45, 2.75) is 17.7 Å². The predicted octanol–water partition coefficient (Wildman–Crippen LogP) is 3.20. The molecule has 2 saturated heterocycles. The molecule has 0 radical (unpaired) electrons. The summed E-state index contributed by atoms with van der Waals surface area (Å²) in [5, 5.41) is 0.710. The smallest absolute Gasteiger partial charge is 0.252 e. The van der Waals surface area contributed by atoms with Crippen LogP contribution in [0.3, 0.4) is 0 Å². The number of rotatable bonds is 5. The van der Waals surface area contributed by atoms with Gasteiger partial charge in [0.15, 0.2) is 15.0 Å². The highest BCUT2D eigenvalue weighted by atomic mass is 35.5. The molecule has 2 atom stereocenters. The number of anilines is 1. The van der Waals surface area contributed by atoms with Gasteiger partial charge in [-0.3, -0.25) is 4.79 Å². The molecule has 0 bridgehead atoms. The van der Waals surface area contributed by atoms with Crippen LogP contribution in [0.1, 0.15) is 5.56 Å². The molecule has 4 rings (SSSR count). The fraction of sp³-hybridized carbons (Fsp3) is 0.333. The van der Waals surface area contributed by atoms with Gasteiger partial charge in [-0.2, -0.15) is 4.99 Å². The van der Waals surface area contributed by atoms with Crippen LogP contribution in [0.15, 0.2) is 47.5 Å². The van der Waals surface area contributed by atoms with Crippen LogP contribution < -0.4 is 14.4 Å². The van der Waals surface area contributed by atoms with Crippen LogP contribution >= 0.6 is 23.4 Å². The molecule has 0 saturated carbocycles. The summed E-state index contributed by atoms with van der Waals surface area (Å²) in [7, 11) is -0.0399. The van der Waals surface area contributed by atoms with Gasteiger partial charge in [0, 0.05) is 10.9 Å². The Balaban J connectivity index is 1.63. The van der Waals surface area contributed by atoms with Gasteiger partial charge in [-0.15, -0.1) is 0 Å². The number of amidine groups is 1. The van der Waals surface area contributed by atoms with Crippen molar-refractivity contribution in [3.8, 4) is 11.5 Å². The number of methoxy groups -OCH3 is 2. The molecule has 2 aromatic carbocycles. The standard InChI is InChI=1S/C21H21ClN2O5S2/c1-28-15-6-3-13(4-7-15)9-20(25)23-21-24(14-5-8-18(29-2)16(22)10-14)17-11-31(26,27)12-19(17)30-21/h3-8,10,17,19H,9,11-12H2,1-2H3/t17-,19-/m1/s1. The number of hydrogen-bond acceptors (Lipinski definition) is 6. The Morgan fingerprint density at radius 2 is 1.90 bits per heavy atom. The lowest BCUT2D eigenvalue weighted by Gasteiger charge is -2.25. The highest BCUT2D eigenvalue weighted by Crippen LogP contribution is 2.42. The van der Waals surface area contributed by atoms with Crippen LogP contribution in [-0.4, -0.2) is 56.5 Å². The van der Waals surface area contributed by atoms with Crippen molar-refractivity contribution < 1.29 is 22.7 Å². The van der Waals surface area contributed by atoms with Crippen LogP contribution in [-0.2, 0) is 21.1 Å². The summed E-state index contributed by atoms with van der Waals surface area (Å²) < 4.78 is 34.8. The van der Waals surface area contributed by atoms with E-state index in [1.54, 1.807) is 37.4 Å². The molecule has 164 valence electrons. The Hall–Kier alpha value is -2.23. The second-order valence-corrected chi connectivity index (χ2v) is 11.1. The molecular weight excluding hydrogens is 460 g/mol. The highest BCUT2D eigenvalue weighted by molar-refractivity contribution is 8.16. The average molecular weight is 481 g/mol. The topological polar surface area (TPSA) is 85.3 Å². The van der Waals surface area contributed by atoms with Crippen LogP contribution in [0.2, 0.25) is 5.02 Å². The molecule has 2 heterocycles. The first-order valence-electron chi connectivity index (χ1n) is 9.54. The van der Waals surface area contributed by atoms with Crippen LogP contribution in [0, 0.1) is 0 Å². The van der Waals surface area contributed by atoms with Gasteiger partial charge < -0.3 is 14.4 Å². The number of fused-ring (bicyclic) bond motifs is 1. The number of thioether (sulfide) groups is 1. The molecule has 0 unspecified atom stereocenters. The van der Waals surface area contributed by atoms with Gasteiger partial charge in [0.05, 0.1) is 43.2 Å². The quantitative estimate of drug-likeness (QED) is 0.649. The monoisotopic (exact) mass is 480 g/mol. The van der Waals surface area contributed by atoms with Crippen LogP contribution in [0.5, 0.6) is 11.5 Å². The van der Waals surface area contributed by atoms with E-state index in [2.05, 4.69) is 4.99 Å². The lowest BCUT2D eigenvalue weighted by atomic mass is 10.1. The van der Waals surface area contributed by atoms with E-state index in [1.807, 2.05) is 17.0 Å².